The molecule has 2 N–H and O–H groups in total. The van der Waals surface area contributed by atoms with Gasteiger partial charge in [0.15, 0.2) is 0 Å². The predicted octanol–water partition coefficient (Wildman–Crippen LogP) is 4.39. The number of nitrogens with one attached hydrogen (secondary N) is 2. The lowest BCUT2D eigenvalue weighted by Gasteiger charge is -2.27. The van der Waals surface area contributed by atoms with Crippen molar-refractivity contribution in [3.8, 4) is 0 Å². The first-order valence-corrected chi connectivity index (χ1v) is 8.22. The van der Waals surface area contributed by atoms with Crippen LogP contribution in [0, 0.1) is 5.92 Å². The maximum atomic E-state index is 12.2. The van der Waals surface area contributed by atoms with Gasteiger partial charge in [-0.2, -0.15) is 0 Å². The van der Waals surface area contributed by atoms with Crippen molar-refractivity contribution >= 4 is 11.6 Å². The third kappa shape index (κ3) is 5.53. The van der Waals surface area contributed by atoms with Crippen LogP contribution in [0.5, 0.6) is 0 Å². The van der Waals surface area contributed by atoms with Gasteiger partial charge in [0.1, 0.15) is 0 Å². The summed E-state index contributed by atoms with van der Waals surface area (Å²) in [6, 6.07) is 20.3. The molecule has 122 valence electrons. The first-order chi connectivity index (χ1) is 11.1. The average molecular weight is 310 g/mol. The number of rotatable bonds is 7. The van der Waals surface area contributed by atoms with E-state index in [1.54, 1.807) is 0 Å². The Labute approximate surface area is 139 Å². The SMILES string of the molecule is CC(C)[C@@H](N[C@@H](C)CC(=O)Nc1ccccc1)c1ccccc1. The van der Waals surface area contributed by atoms with E-state index < -0.39 is 0 Å². The van der Waals surface area contributed by atoms with Crippen molar-refractivity contribution in [1.82, 2.24) is 5.32 Å². The third-order valence-electron chi connectivity index (χ3n) is 3.84. The smallest absolute Gasteiger partial charge is 0.225 e. The molecule has 2 aromatic rings. The zero-order valence-corrected chi connectivity index (χ0v) is 14.1. The van der Waals surface area contributed by atoms with Crippen molar-refractivity contribution in [2.75, 3.05) is 5.32 Å². The molecule has 3 nitrogen and oxygen atoms in total. The second-order valence-electron chi connectivity index (χ2n) is 6.32. The van der Waals surface area contributed by atoms with E-state index in [0.717, 1.165) is 5.69 Å². The molecule has 0 aliphatic rings. The van der Waals surface area contributed by atoms with Crippen LogP contribution in [0.3, 0.4) is 0 Å². The fourth-order valence-electron chi connectivity index (χ4n) is 2.71. The van der Waals surface area contributed by atoms with Crippen LogP contribution in [0.1, 0.15) is 38.8 Å². The lowest BCUT2D eigenvalue weighted by Crippen LogP contribution is -2.36. The van der Waals surface area contributed by atoms with Gasteiger partial charge in [-0.1, -0.05) is 62.4 Å². The van der Waals surface area contributed by atoms with Gasteiger partial charge in [0.2, 0.25) is 5.91 Å². The summed E-state index contributed by atoms with van der Waals surface area (Å²) in [7, 11) is 0. The van der Waals surface area contributed by atoms with Crippen molar-refractivity contribution in [1.29, 1.82) is 0 Å². The Morgan fingerprint density at radius 2 is 1.48 bits per heavy atom. The number of hydrogen-bond donors (Lipinski definition) is 2. The van der Waals surface area contributed by atoms with Crippen LogP contribution < -0.4 is 10.6 Å². The molecule has 2 rings (SSSR count). The molecule has 0 saturated heterocycles. The molecule has 2 aromatic carbocycles. The van der Waals surface area contributed by atoms with Crippen LogP contribution in [-0.2, 0) is 4.79 Å². The largest absolute Gasteiger partial charge is 0.326 e. The van der Waals surface area contributed by atoms with Crippen LogP contribution in [0.25, 0.3) is 0 Å². The highest BCUT2D eigenvalue weighted by atomic mass is 16.1. The standard InChI is InChI=1S/C20H26N2O/c1-15(2)20(17-10-6-4-7-11-17)21-16(3)14-19(23)22-18-12-8-5-9-13-18/h4-13,15-16,20-21H,14H2,1-3H3,(H,22,23)/t16-,20+/m0/s1. The minimum atomic E-state index is 0.0340. The summed E-state index contributed by atoms with van der Waals surface area (Å²) in [6.07, 6.45) is 0.449. The Morgan fingerprint density at radius 1 is 0.913 bits per heavy atom. The van der Waals surface area contributed by atoms with E-state index in [-0.39, 0.29) is 18.0 Å². The summed E-state index contributed by atoms with van der Waals surface area (Å²) in [5, 5.41) is 6.52. The van der Waals surface area contributed by atoms with Crippen molar-refractivity contribution in [3.63, 3.8) is 0 Å². The zero-order chi connectivity index (χ0) is 16.7. The monoisotopic (exact) mass is 310 g/mol. The molecule has 0 spiro atoms. The molecule has 0 fully saturated rings. The van der Waals surface area contributed by atoms with Crippen LogP contribution in [-0.4, -0.2) is 11.9 Å². The van der Waals surface area contributed by atoms with E-state index in [2.05, 4.69) is 55.7 Å². The third-order valence-corrected chi connectivity index (χ3v) is 3.84. The van der Waals surface area contributed by atoms with Crippen molar-refractivity contribution in [2.45, 2.75) is 39.3 Å². The molecule has 0 bridgehead atoms. The van der Waals surface area contributed by atoms with Gasteiger partial charge in [-0.05, 0) is 30.5 Å². The molecule has 0 aromatic heterocycles. The number of amides is 1. The van der Waals surface area contributed by atoms with E-state index in [9.17, 15) is 4.79 Å². The van der Waals surface area contributed by atoms with Crippen LogP contribution >= 0.6 is 0 Å². The highest BCUT2D eigenvalue weighted by molar-refractivity contribution is 5.91. The topological polar surface area (TPSA) is 41.1 Å². The van der Waals surface area contributed by atoms with E-state index in [1.165, 1.54) is 5.56 Å². The van der Waals surface area contributed by atoms with Gasteiger partial charge in [0.05, 0.1) is 0 Å². The Kier molecular flexibility index (Phi) is 6.36. The molecule has 23 heavy (non-hydrogen) atoms. The summed E-state index contributed by atoms with van der Waals surface area (Å²) < 4.78 is 0. The summed E-state index contributed by atoms with van der Waals surface area (Å²) in [4.78, 5) is 12.2. The zero-order valence-electron chi connectivity index (χ0n) is 14.1. The normalized spacial score (nSPS) is 13.6. The fraction of sp³-hybridized carbons (Fsp3) is 0.350. The van der Waals surface area contributed by atoms with Gasteiger partial charge in [-0.3, -0.25) is 4.79 Å². The summed E-state index contributed by atoms with van der Waals surface area (Å²) in [6.45, 7) is 6.45. The molecule has 1 amide bonds. The highest BCUT2D eigenvalue weighted by Crippen LogP contribution is 2.22. The molecule has 3 heteroatoms. The Morgan fingerprint density at radius 3 is 2.04 bits per heavy atom. The number of para-hydroxylation sites is 1. The van der Waals surface area contributed by atoms with Crippen LogP contribution in [0.15, 0.2) is 60.7 Å². The van der Waals surface area contributed by atoms with Crippen molar-refractivity contribution in [3.05, 3.63) is 66.2 Å². The fourth-order valence-corrected chi connectivity index (χ4v) is 2.71. The lowest BCUT2D eigenvalue weighted by molar-refractivity contribution is -0.116. The van der Waals surface area contributed by atoms with Gasteiger partial charge in [0.25, 0.3) is 0 Å². The van der Waals surface area contributed by atoms with Crippen LogP contribution in [0.4, 0.5) is 5.69 Å². The second kappa shape index (κ2) is 8.49. The van der Waals surface area contributed by atoms with E-state index in [0.29, 0.717) is 12.3 Å². The predicted molar refractivity (Wildman–Crippen MR) is 96.3 cm³/mol. The molecular weight excluding hydrogens is 284 g/mol. The molecule has 0 saturated carbocycles. The summed E-state index contributed by atoms with van der Waals surface area (Å²) in [5.41, 5.74) is 2.10. The highest BCUT2D eigenvalue weighted by Gasteiger charge is 2.19. The first-order valence-electron chi connectivity index (χ1n) is 8.22. The van der Waals surface area contributed by atoms with Crippen LogP contribution in [0.2, 0.25) is 0 Å². The maximum absolute atomic E-state index is 12.2. The Balaban J connectivity index is 1.91. The van der Waals surface area contributed by atoms with E-state index >= 15 is 0 Å². The van der Waals surface area contributed by atoms with Gasteiger partial charge in [0, 0.05) is 24.2 Å². The first kappa shape index (κ1) is 17.2. The van der Waals surface area contributed by atoms with Gasteiger partial charge >= 0.3 is 0 Å². The minimum absolute atomic E-state index is 0.0340. The van der Waals surface area contributed by atoms with Gasteiger partial charge < -0.3 is 10.6 Å². The quantitative estimate of drug-likeness (QED) is 0.796. The molecular formula is C20H26N2O. The molecule has 0 aliphatic heterocycles. The number of benzene rings is 2. The summed E-state index contributed by atoms with van der Waals surface area (Å²) >= 11 is 0. The van der Waals surface area contributed by atoms with E-state index in [1.807, 2.05) is 36.4 Å². The maximum Gasteiger partial charge on any atom is 0.225 e. The Hall–Kier alpha value is -2.13. The van der Waals surface area contributed by atoms with Crippen molar-refractivity contribution in [2.24, 2.45) is 5.92 Å². The molecule has 0 heterocycles. The Bertz CT molecular complexity index is 596. The lowest BCUT2D eigenvalue weighted by atomic mass is 9.95. The van der Waals surface area contributed by atoms with Crippen molar-refractivity contribution < 1.29 is 4.79 Å². The van der Waals surface area contributed by atoms with Gasteiger partial charge in [-0.15, -0.1) is 0 Å². The molecule has 0 radical (unpaired) electrons. The number of carbonyl (C=O) groups excluding carboxylic acids is 1. The second-order valence-corrected chi connectivity index (χ2v) is 6.32. The molecule has 2 atom stereocenters. The average Bonchev–Trinajstić information content (AvgIpc) is 2.54. The van der Waals surface area contributed by atoms with E-state index in [4.69, 9.17) is 0 Å². The van der Waals surface area contributed by atoms with Gasteiger partial charge in [-0.25, -0.2) is 0 Å². The molecule has 0 unspecified atom stereocenters. The number of anilines is 1. The number of hydrogen-bond acceptors (Lipinski definition) is 2. The molecule has 0 aliphatic carbocycles. The summed E-state index contributed by atoms with van der Waals surface area (Å²) in [5.74, 6) is 0.490. The number of carbonyl (C=O) groups is 1. The minimum Gasteiger partial charge on any atom is -0.326 e.